The van der Waals surface area contributed by atoms with Gasteiger partial charge in [0.05, 0.1) is 24.4 Å². The third-order valence-corrected chi connectivity index (χ3v) is 16.4. The smallest absolute Gasteiger partial charge is 0.303 e. The molecule has 3 heterocycles. The van der Waals surface area contributed by atoms with Crippen LogP contribution >= 0.6 is 0 Å². The molecule has 3 aliphatic heterocycles. The quantitative estimate of drug-likeness (QED) is 0.261. The standard InChI is InChI=1S/C37H58O10/c1-18-25-21(46-37(42)28(18)47-32(5,6)30(37)41)15-34(8)23-10-9-22-31(3,4)24(11-12-35(22)17-36(23,35)14-13-33(25,34)7)45-29-27(44-19(2)38)26(40)20(39)16-43-29/h18,20-30,39-42H,9-17H2,1-8H3. The van der Waals surface area contributed by atoms with Crippen LogP contribution in [0.25, 0.3) is 0 Å². The van der Waals surface area contributed by atoms with Gasteiger partial charge in [-0.3, -0.25) is 4.79 Å². The number of rotatable bonds is 3. The molecule has 10 heteroatoms. The van der Waals surface area contributed by atoms with Crippen LogP contribution in [0, 0.1) is 50.7 Å². The summed E-state index contributed by atoms with van der Waals surface area (Å²) in [5, 5.41) is 43.8. The Labute approximate surface area is 279 Å². The summed E-state index contributed by atoms with van der Waals surface area (Å²) in [5.41, 5.74) is -0.428. The van der Waals surface area contributed by atoms with Crippen LogP contribution in [0.15, 0.2) is 0 Å². The van der Waals surface area contributed by atoms with Crippen molar-refractivity contribution in [3.63, 3.8) is 0 Å². The second kappa shape index (κ2) is 9.93. The monoisotopic (exact) mass is 662 g/mol. The summed E-state index contributed by atoms with van der Waals surface area (Å²) in [6.07, 6.45) is 2.33. The third kappa shape index (κ3) is 3.99. The van der Waals surface area contributed by atoms with Crippen molar-refractivity contribution in [1.82, 2.24) is 0 Å². The Morgan fingerprint density at radius 1 is 0.872 bits per heavy atom. The Kier molecular flexibility index (Phi) is 7.03. The minimum atomic E-state index is -1.69. The first-order chi connectivity index (χ1) is 21.8. The minimum absolute atomic E-state index is 0.0390. The van der Waals surface area contributed by atoms with Crippen molar-refractivity contribution in [2.75, 3.05) is 6.61 Å². The van der Waals surface area contributed by atoms with E-state index in [1.165, 1.54) is 19.8 Å². The molecular formula is C37H58O10. The van der Waals surface area contributed by atoms with E-state index in [1.807, 2.05) is 13.8 Å². The van der Waals surface area contributed by atoms with E-state index in [4.69, 9.17) is 23.7 Å². The Hall–Kier alpha value is -0.850. The average molecular weight is 663 g/mol. The average Bonchev–Trinajstić information content (AvgIpc) is 3.53. The van der Waals surface area contributed by atoms with Crippen LogP contribution in [-0.4, -0.2) is 93.4 Å². The highest BCUT2D eigenvalue weighted by Gasteiger charge is 2.84. The van der Waals surface area contributed by atoms with Crippen LogP contribution in [-0.2, 0) is 28.5 Å². The third-order valence-electron chi connectivity index (χ3n) is 16.4. The van der Waals surface area contributed by atoms with Gasteiger partial charge < -0.3 is 44.1 Å². The van der Waals surface area contributed by atoms with E-state index in [1.54, 1.807) is 0 Å². The van der Waals surface area contributed by atoms with Gasteiger partial charge >= 0.3 is 5.97 Å². The second-order valence-electron chi connectivity index (χ2n) is 18.9. The summed E-state index contributed by atoms with van der Waals surface area (Å²) in [7, 11) is 0. The van der Waals surface area contributed by atoms with E-state index in [2.05, 4.69) is 34.6 Å². The fraction of sp³-hybridized carbons (Fsp3) is 0.973. The number of hydrogen-bond acceptors (Lipinski definition) is 10. The summed E-state index contributed by atoms with van der Waals surface area (Å²) < 4.78 is 30.9. The van der Waals surface area contributed by atoms with E-state index in [-0.39, 0.29) is 57.7 Å². The van der Waals surface area contributed by atoms with Gasteiger partial charge in [-0.05, 0) is 116 Å². The summed E-state index contributed by atoms with van der Waals surface area (Å²) in [5.74, 6) is -0.900. The number of hydrogen-bond donors (Lipinski definition) is 4. The van der Waals surface area contributed by atoms with Crippen LogP contribution in [0.1, 0.15) is 107 Å². The first-order valence-corrected chi connectivity index (χ1v) is 18.4. The van der Waals surface area contributed by atoms with E-state index >= 15 is 0 Å². The number of carbonyl (C=O) groups excluding carboxylic acids is 1. The molecule has 8 aliphatic rings. The molecule has 47 heavy (non-hydrogen) atoms. The molecule has 0 bridgehead atoms. The molecule has 8 rings (SSSR count). The van der Waals surface area contributed by atoms with Crippen molar-refractivity contribution < 1.29 is 48.9 Å². The summed E-state index contributed by atoms with van der Waals surface area (Å²) in [6.45, 7) is 16.8. The molecule has 0 aromatic heterocycles. The number of fused-ring (bicyclic) bond motifs is 5. The van der Waals surface area contributed by atoms with Gasteiger partial charge in [-0.25, -0.2) is 0 Å². The molecule has 4 N–H and O–H groups in total. The molecule has 5 aliphatic carbocycles. The zero-order chi connectivity index (χ0) is 33.9. The highest BCUT2D eigenvalue weighted by atomic mass is 16.7. The van der Waals surface area contributed by atoms with Gasteiger partial charge in [0, 0.05) is 6.92 Å². The van der Waals surface area contributed by atoms with Crippen molar-refractivity contribution >= 4 is 5.97 Å². The first-order valence-electron chi connectivity index (χ1n) is 18.4. The fourth-order valence-electron chi connectivity index (χ4n) is 14.2. The van der Waals surface area contributed by atoms with E-state index in [9.17, 15) is 25.2 Å². The van der Waals surface area contributed by atoms with Crippen molar-refractivity contribution in [3.8, 4) is 0 Å². The number of ether oxygens (including phenoxy) is 5. The van der Waals surface area contributed by atoms with Gasteiger partial charge in [0.1, 0.15) is 24.4 Å². The van der Waals surface area contributed by atoms with Crippen LogP contribution in [0.3, 0.4) is 0 Å². The second-order valence-corrected chi connectivity index (χ2v) is 18.9. The molecule has 3 saturated heterocycles. The molecule has 8 fully saturated rings. The minimum Gasteiger partial charge on any atom is -0.454 e. The molecule has 17 atom stereocenters. The topological polar surface area (TPSA) is 144 Å². The van der Waals surface area contributed by atoms with Gasteiger partial charge in [0.2, 0.25) is 5.79 Å². The molecule has 5 saturated carbocycles. The highest BCUT2D eigenvalue weighted by molar-refractivity contribution is 5.66. The molecule has 0 radical (unpaired) electrons. The normalized spacial score (nSPS) is 59.8. The number of aliphatic hydroxyl groups excluding tert-OH is 3. The largest absolute Gasteiger partial charge is 0.454 e. The maximum atomic E-state index is 11.9. The number of esters is 1. The Morgan fingerprint density at radius 3 is 2.26 bits per heavy atom. The Morgan fingerprint density at radius 2 is 1.55 bits per heavy atom. The van der Waals surface area contributed by atoms with Gasteiger partial charge in [0.15, 0.2) is 12.4 Å². The Bertz CT molecular complexity index is 1320. The lowest BCUT2D eigenvalue weighted by Gasteiger charge is -2.63. The molecule has 0 amide bonds. The van der Waals surface area contributed by atoms with Gasteiger partial charge in [-0.2, -0.15) is 0 Å². The molecule has 266 valence electrons. The lowest BCUT2D eigenvalue weighted by atomic mass is 9.41. The summed E-state index contributed by atoms with van der Waals surface area (Å²) in [6, 6.07) is 0. The summed E-state index contributed by atoms with van der Waals surface area (Å²) in [4.78, 5) is 11.9. The maximum Gasteiger partial charge on any atom is 0.303 e. The predicted octanol–water partition coefficient (Wildman–Crippen LogP) is 3.69. The fourth-order valence-corrected chi connectivity index (χ4v) is 14.2. The highest BCUT2D eigenvalue weighted by Crippen LogP contribution is 2.89. The molecule has 10 nitrogen and oxygen atoms in total. The van der Waals surface area contributed by atoms with Crippen LogP contribution in [0.5, 0.6) is 0 Å². The Balaban J connectivity index is 1.04. The lowest BCUT2D eigenvalue weighted by molar-refractivity contribution is -0.327. The predicted molar refractivity (Wildman–Crippen MR) is 168 cm³/mol. The number of carbonyl (C=O) groups is 1. The SMILES string of the molecule is CC(=O)OC1C(OC2CCC34CC35CCC3(C)C6C(CC3(C)C5CCC4C2(C)C)OC2(O)C(OC(C)(C)C2O)C6C)OCC(O)C1O. The van der Waals surface area contributed by atoms with Crippen LogP contribution < -0.4 is 0 Å². The van der Waals surface area contributed by atoms with Crippen molar-refractivity contribution in [3.05, 3.63) is 0 Å². The van der Waals surface area contributed by atoms with Crippen LogP contribution in [0.4, 0.5) is 0 Å². The molecular weight excluding hydrogens is 604 g/mol. The number of aliphatic hydroxyl groups is 4. The molecule has 17 unspecified atom stereocenters. The maximum absolute atomic E-state index is 11.9. The van der Waals surface area contributed by atoms with Gasteiger partial charge in [0.25, 0.3) is 0 Å². The van der Waals surface area contributed by atoms with Gasteiger partial charge in [-0.1, -0.05) is 34.6 Å². The molecule has 0 aromatic carbocycles. The van der Waals surface area contributed by atoms with Crippen LogP contribution in [0.2, 0.25) is 0 Å². The summed E-state index contributed by atoms with van der Waals surface area (Å²) >= 11 is 0. The van der Waals surface area contributed by atoms with E-state index in [0.717, 1.165) is 38.5 Å². The first kappa shape index (κ1) is 33.3. The van der Waals surface area contributed by atoms with E-state index < -0.39 is 54.2 Å². The molecule has 2 spiro atoms. The van der Waals surface area contributed by atoms with Crippen molar-refractivity contribution in [1.29, 1.82) is 0 Å². The van der Waals surface area contributed by atoms with E-state index in [0.29, 0.717) is 11.8 Å². The van der Waals surface area contributed by atoms with Crippen molar-refractivity contribution in [2.24, 2.45) is 50.7 Å². The van der Waals surface area contributed by atoms with Gasteiger partial charge in [-0.15, -0.1) is 0 Å². The zero-order valence-electron chi connectivity index (χ0n) is 29.5. The zero-order valence-corrected chi connectivity index (χ0v) is 29.5. The lowest BCUT2D eigenvalue weighted by Crippen LogP contribution is -2.63. The van der Waals surface area contributed by atoms with Crippen molar-refractivity contribution in [2.45, 2.75) is 167 Å². The molecule has 0 aromatic rings.